The molecule has 0 aliphatic heterocycles. The summed E-state index contributed by atoms with van der Waals surface area (Å²) in [6.07, 6.45) is 0. The minimum absolute atomic E-state index is 0.0123. The molecule has 106 valence electrons. The third-order valence-electron chi connectivity index (χ3n) is 2.84. The third kappa shape index (κ3) is 3.61. The third-order valence-corrected chi connectivity index (χ3v) is 4.35. The lowest BCUT2D eigenvalue weighted by Gasteiger charge is -2.18. The highest BCUT2D eigenvalue weighted by Gasteiger charge is 2.15. The zero-order valence-electron chi connectivity index (χ0n) is 11.4. The Bertz CT molecular complexity index is 597. The van der Waals surface area contributed by atoms with Gasteiger partial charge in [0.25, 0.3) is 5.91 Å². The zero-order valence-corrected chi connectivity index (χ0v) is 13.8. The van der Waals surface area contributed by atoms with Gasteiger partial charge >= 0.3 is 0 Å². The van der Waals surface area contributed by atoms with Crippen molar-refractivity contribution < 1.29 is 9.53 Å². The number of carbonyl (C=O) groups is 1. The van der Waals surface area contributed by atoms with Crippen molar-refractivity contribution in [1.29, 1.82) is 0 Å². The largest absolute Gasteiger partial charge is 0.494 e. The van der Waals surface area contributed by atoms with Crippen LogP contribution in [0.1, 0.15) is 22.8 Å². The quantitative estimate of drug-likeness (QED) is 0.806. The molecule has 3 nitrogen and oxygen atoms in total. The van der Waals surface area contributed by atoms with E-state index >= 15 is 0 Å². The maximum atomic E-state index is 12.3. The molecule has 0 bridgehead atoms. The van der Waals surface area contributed by atoms with Crippen molar-refractivity contribution in [2.24, 2.45) is 0 Å². The molecule has 0 aliphatic rings. The molecule has 2 aromatic rings. The molecule has 0 N–H and O–H groups in total. The molecule has 1 heterocycles. The molecule has 0 fully saturated rings. The first-order valence-corrected chi connectivity index (χ1v) is 7.99. The van der Waals surface area contributed by atoms with Crippen molar-refractivity contribution in [2.75, 3.05) is 13.7 Å². The van der Waals surface area contributed by atoms with Gasteiger partial charge in [0.15, 0.2) is 0 Å². The summed E-state index contributed by atoms with van der Waals surface area (Å²) < 4.78 is 6.55. The first-order valence-electron chi connectivity index (χ1n) is 6.32. The average Bonchev–Trinajstić information content (AvgIpc) is 2.87. The Hall–Kier alpha value is -1.33. The van der Waals surface area contributed by atoms with Crippen molar-refractivity contribution in [3.63, 3.8) is 0 Å². The number of hydrogen-bond donors (Lipinski definition) is 0. The molecule has 0 spiro atoms. The number of carbonyl (C=O) groups excluding carboxylic acids is 1. The van der Waals surface area contributed by atoms with Crippen LogP contribution >= 0.6 is 27.3 Å². The number of ether oxygens (including phenoxy) is 1. The summed E-state index contributed by atoms with van der Waals surface area (Å²) in [5, 5.41) is 1.86. The number of rotatable bonds is 5. The van der Waals surface area contributed by atoms with Crippen LogP contribution in [0.15, 0.2) is 39.5 Å². The van der Waals surface area contributed by atoms with E-state index in [1.807, 2.05) is 42.6 Å². The van der Waals surface area contributed by atoms with Crippen molar-refractivity contribution in [1.82, 2.24) is 4.90 Å². The molecular weight excluding hydrogens is 338 g/mol. The fraction of sp³-hybridized carbons (Fsp3) is 0.267. The van der Waals surface area contributed by atoms with Crippen LogP contribution in [0, 0.1) is 0 Å². The molecule has 0 saturated carbocycles. The predicted molar refractivity (Wildman–Crippen MR) is 85.4 cm³/mol. The van der Waals surface area contributed by atoms with Crippen LogP contribution in [0.25, 0.3) is 0 Å². The van der Waals surface area contributed by atoms with Gasteiger partial charge in [-0.3, -0.25) is 4.79 Å². The van der Waals surface area contributed by atoms with Crippen molar-refractivity contribution in [3.8, 4) is 5.75 Å². The number of hydrogen-bond acceptors (Lipinski definition) is 3. The number of thiophene rings is 1. The van der Waals surface area contributed by atoms with Crippen LogP contribution in [-0.2, 0) is 6.54 Å². The zero-order chi connectivity index (χ0) is 14.5. The highest BCUT2D eigenvalue weighted by Crippen LogP contribution is 2.23. The summed E-state index contributed by atoms with van der Waals surface area (Å²) in [5.74, 6) is 0.847. The molecule has 0 unspecified atom stereocenters. The predicted octanol–water partition coefficient (Wildman–Crippen LogP) is 4.18. The minimum Gasteiger partial charge on any atom is -0.494 e. The van der Waals surface area contributed by atoms with Crippen molar-refractivity contribution >= 4 is 33.2 Å². The van der Waals surface area contributed by atoms with Crippen LogP contribution in [0.4, 0.5) is 0 Å². The van der Waals surface area contributed by atoms with E-state index in [0.29, 0.717) is 18.7 Å². The fourth-order valence-electron chi connectivity index (χ4n) is 1.90. The summed E-state index contributed by atoms with van der Waals surface area (Å²) in [6, 6.07) is 9.65. The van der Waals surface area contributed by atoms with Gasteiger partial charge < -0.3 is 9.64 Å². The molecule has 2 rings (SSSR count). The van der Waals surface area contributed by atoms with Gasteiger partial charge in [-0.05, 0) is 35.0 Å². The van der Waals surface area contributed by atoms with E-state index in [1.165, 1.54) is 11.3 Å². The van der Waals surface area contributed by atoms with Crippen LogP contribution in [0.5, 0.6) is 5.75 Å². The molecule has 1 aromatic carbocycles. The summed E-state index contributed by atoms with van der Waals surface area (Å²) >= 11 is 4.89. The monoisotopic (exact) mass is 353 g/mol. The van der Waals surface area contributed by atoms with Crippen LogP contribution in [-0.4, -0.2) is 24.5 Å². The number of para-hydroxylation sites is 1. The smallest absolute Gasteiger partial charge is 0.254 e. The Morgan fingerprint density at radius 1 is 1.40 bits per heavy atom. The molecule has 0 aliphatic carbocycles. The van der Waals surface area contributed by atoms with Crippen LogP contribution in [0.3, 0.4) is 0 Å². The van der Waals surface area contributed by atoms with E-state index in [2.05, 4.69) is 15.9 Å². The van der Waals surface area contributed by atoms with E-state index in [4.69, 9.17) is 4.74 Å². The van der Waals surface area contributed by atoms with E-state index in [-0.39, 0.29) is 5.91 Å². The highest BCUT2D eigenvalue weighted by molar-refractivity contribution is 9.11. The number of amides is 1. The SMILES string of the molecule is CCOc1ccccc1CN(C)C(=O)c1csc(Br)c1. The Kier molecular flexibility index (Phi) is 5.20. The van der Waals surface area contributed by atoms with Gasteiger partial charge in [0, 0.05) is 24.5 Å². The molecule has 5 heteroatoms. The Morgan fingerprint density at radius 3 is 2.80 bits per heavy atom. The topological polar surface area (TPSA) is 29.5 Å². The van der Waals surface area contributed by atoms with E-state index in [1.54, 1.807) is 11.9 Å². The number of nitrogens with zero attached hydrogens (tertiary/aromatic N) is 1. The van der Waals surface area contributed by atoms with E-state index < -0.39 is 0 Å². The summed E-state index contributed by atoms with van der Waals surface area (Å²) in [7, 11) is 1.80. The van der Waals surface area contributed by atoms with Gasteiger partial charge in [-0.1, -0.05) is 18.2 Å². The molecular formula is C15H16BrNO2S. The lowest BCUT2D eigenvalue weighted by Crippen LogP contribution is -2.26. The lowest BCUT2D eigenvalue weighted by atomic mass is 10.2. The Balaban J connectivity index is 2.11. The molecule has 0 radical (unpaired) electrons. The molecule has 0 atom stereocenters. The molecule has 20 heavy (non-hydrogen) atoms. The summed E-state index contributed by atoms with van der Waals surface area (Å²) in [4.78, 5) is 14.0. The van der Waals surface area contributed by atoms with Crippen LogP contribution in [0.2, 0.25) is 0 Å². The lowest BCUT2D eigenvalue weighted by molar-refractivity contribution is 0.0784. The highest BCUT2D eigenvalue weighted by atomic mass is 79.9. The normalized spacial score (nSPS) is 10.3. The number of benzene rings is 1. The van der Waals surface area contributed by atoms with Crippen molar-refractivity contribution in [3.05, 3.63) is 50.6 Å². The second-order valence-electron chi connectivity index (χ2n) is 4.34. The maximum Gasteiger partial charge on any atom is 0.254 e. The van der Waals surface area contributed by atoms with Gasteiger partial charge in [0.1, 0.15) is 5.75 Å². The first kappa shape index (κ1) is 15.1. The van der Waals surface area contributed by atoms with Crippen molar-refractivity contribution in [2.45, 2.75) is 13.5 Å². The van der Waals surface area contributed by atoms with E-state index in [9.17, 15) is 4.79 Å². The first-order chi connectivity index (χ1) is 9.61. The minimum atomic E-state index is 0.0123. The van der Waals surface area contributed by atoms with Gasteiger partial charge in [-0.2, -0.15) is 0 Å². The summed E-state index contributed by atoms with van der Waals surface area (Å²) in [5.41, 5.74) is 1.72. The number of halogens is 1. The van der Waals surface area contributed by atoms with E-state index in [0.717, 1.165) is 15.1 Å². The Labute approximate surface area is 131 Å². The second-order valence-corrected chi connectivity index (χ2v) is 6.63. The average molecular weight is 354 g/mol. The van der Waals surface area contributed by atoms with Gasteiger partial charge in [-0.25, -0.2) is 0 Å². The van der Waals surface area contributed by atoms with Gasteiger partial charge in [0.2, 0.25) is 0 Å². The summed E-state index contributed by atoms with van der Waals surface area (Å²) in [6.45, 7) is 3.10. The second kappa shape index (κ2) is 6.90. The standard InChI is InChI=1S/C15H16BrNO2S/c1-3-19-13-7-5-4-6-11(13)9-17(2)15(18)12-8-14(16)20-10-12/h4-8,10H,3,9H2,1-2H3. The maximum absolute atomic E-state index is 12.3. The fourth-order valence-corrected chi connectivity index (χ4v) is 3.03. The molecule has 1 aromatic heterocycles. The van der Waals surface area contributed by atoms with Gasteiger partial charge in [-0.15, -0.1) is 11.3 Å². The molecule has 0 saturated heterocycles. The van der Waals surface area contributed by atoms with Crippen LogP contribution < -0.4 is 4.74 Å². The molecule has 1 amide bonds. The Morgan fingerprint density at radius 2 is 2.15 bits per heavy atom. The van der Waals surface area contributed by atoms with Gasteiger partial charge in [0.05, 0.1) is 16.0 Å².